The molecule has 0 saturated heterocycles. The molecule has 0 aliphatic rings. The van der Waals surface area contributed by atoms with Crippen molar-refractivity contribution in [1.29, 1.82) is 0 Å². The molecule has 1 aromatic rings. The van der Waals surface area contributed by atoms with Crippen molar-refractivity contribution >= 4 is 0 Å². The van der Waals surface area contributed by atoms with Crippen LogP contribution in [0.3, 0.4) is 0 Å². The van der Waals surface area contributed by atoms with E-state index in [1.165, 1.54) is 12.1 Å². The maximum Gasteiger partial charge on any atom is 0.123 e. The van der Waals surface area contributed by atoms with Crippen LogP contribution < -0.4 is 5.32 Å². The van der Waals surface area contributed by atoms with Crippen molar-refractivity contribution in [1.82, 2.24) is 5.32 Å². The van der Waals surface area contributed by atoms with Gasteiger partial charge in [0.05, 0.1) is 6.54 Å². The van der Waals surface area contributed by atoms with Gasteiger partial charge >= 0.3 is 0 Å². The molecule has 0 bridgehead atoms. The van der Waals surface area contributed by atoms with Crippen LogP contribution in [-0.4, -0.2) is 12.6 Å². The molecule has 0 fully saturated rings. The predicted octanol–water partition coefficient (Wildman–Crippen LogP) is 2.71. The summed E-state index contributed by atoms with van der Waals surface area (Å²) in [6.07, 6.45) is 5.22. The molecule has 1 unspecified atom stereocenters. The van der Waals surface area contributed by atoms with Crippen LogP contribution in [0.5, 0.6) is 0 Å². The van der Waals surface area contributed by atoms with Gasteiger partial charge in [-0.05, 0) is 24.6 Å². The third kappa shape index (κ3) is 2.84. The lowest BCUT2D eigenvalue weighted by molar-refractivity contribution is 0.374. The fraction of sp³-hybridized carbons (Fsp3) is 0.429. The number of rotatable bonds is 4. The molecule has 0 aliphatic heterocycles. The number of hydrogen-bond acceptors (Lipinski definition) is 1. The molecule has 1 N–H and O–H groups in total. The molecule has 1 nitrogen and oxygen atoms in total. The fourth-order valence-electron chi connectivity index (χ4n) is 1.60. The molecule has 1 atom stereocenters. The SMILES string of the molecule is C#CCNC(C)C(C)(C)c1ccc(F)cc1. The number of terminal acetylenes is 1. The van der Waals surface area contributed by atoms with E-state index in [1.807, 2.05) is 12.1 Å². The van der Waals surface area contributed by atoms with Crippen LogP contribution in [0.4, 0.5) is 4.39 Å². The lowest BCUT2D eigenvalue weighted by atomic mass is 9.78. The first-order valence-corrected chi connectivity index (χ1v) is 5.41. The summed E-state index contributed by atoms with van der Waals surface area (Å²) in [5.41, 5.74) is 1.02. The maximum absolute atomic E-state index is 12.8. The highest BCUT2D eigenvalue weighted by atomic mass is 19.1. The van der Waals surface area contributed by atoms with Gasteiger partial charge in [0.2, 0.25) is 0 Å². The van der Waals surface area contributed by atoms with E-state index in [4.69, 9.17) is 6.42 Å². The maximum atomic E-state index is 12.8. The van der Waals surface area contributed by atoms with E-state index in [0.717, 1.165) is 5.56 Å². The summed E-state index contributed by atoms with van der Waals surface area (Å²) >= 11 is 0. The average molecular weight is 219 g/mol. The molecule has 0 heterocycles. The second-order valence-electron chi connectivity index (χ2n) is 4.54. The Hall–Kier alpha value is -1.33. The summed E-state index contributed by atoms with van der Waals surface area (Å²) < 4.78 is 12.8. The first kappa shape index (κ1) is 12.7. The van der Waals surface area contributed by atoms with Gasteiger partial charge in [0.25, 0.3) is 0 Å². The van der Waals surface area contributed by atoms with Crippen molar-refractivity contribution in [2.24, 2.45) is 0 Å². The van der Waals surface area contributed by atoms with E-state index in [0.29, 0.717) is 6.54 Å². The largest absolute Gasteiger partial charge is 0.303 e. The average Bonchev–Trinajstić information content (AvgIpc) is 2.26. The monoisotopic (exact) mass is 219 g/mol. The molecule has 16 heavy (non-hydrogen) atoms. The summed E-state index contributed by atoms with van der Waals surface area (Å²) in [5, 5.41) is 3.26. The van der Waals surface area contributed by atoms with Crippen molar-refractivity contribution in [2.75, 3.05) is 6.54 Å². The van der Waals surface area contributed by atoms with E-state index < -0.39 is 0 Å². The van der Waals surface area contributed by atoms with Crippen LogP contribution in [0, 0.1) is 18.2 Å². The van der Waals surface area contributed by atoms with Crippen molar-refractivity contribution in [3.05, 3.63) is 35.6 Å². The third-order valence-corrected chi connectivity index (χ3v) is 3.18. The number of hydrogen-bond donors (Lipinski definition) is 1. The van der Waals surface area contributed by atoms with Crippen LogP contribution in [-0.2, 0) is 5.41 Å². The Morgan fingerprint density at radius 1 is 1.38 bits per heavy atom. The Balaban J connectivity index is 2.84. The van der Waals surface area contributed by atoms with Gasteiger partial charge in [-0.25, -0.2) is 4.39 Å². The Labute approximate surface area is 97.1 Å². The normalized spacial score (nSPS) is 13.2. The molecule has 0 amide bonds. The lowest BCUT2D eigenvalue weighted by Crippen LogP contribution is -2.42. The first-order valence-electron chi connectivity index (χ1n) is 5.41. The van der Waals surface area contributed by atoms with Crippen molar-refractivity contribution < 1.29 is 4.39 Å². The minimum absolute atomic E-state index is 0.0788. The number of nitrogens with one attached hydrogen (secondary N) is 1. The molecule has 2 heteroatoms. The lowest BCUT2D eigenvalue weighted by Gasteiger charge is -2.32. The second kappa shape index (κ2) is 5.14. The quantitative estimate of drug-likeness (QED) is 0.768. The molecule has 0 saturated carbocycles. The summed E-state index contributed by atoms with van der Waals surface area (Å²) in [4.78, 5) is 0. The molecular weight excluding hydrogens is 201 g/mol. The minimum atomic E-state index is -0.205. The Bertz CT molecular complexity index is 373. The molecule has 86 valence electrons. The molecule has 0 spiro atoms. The first-order chi connectivity index (χ1) is 7.48. The van der Waals surface area contributed by atoms with Crippen molar-refractivity contribution in [3.8, 4) is 12.3 Å². The zero-order chi connectivity index (χ0) is 12.2. The topological polar surface area (TPSA) is 12.0 Å². The molecule has 1 aromatic carbocycles. The molecule has 0 radical (unpaired) electrons. The highest BCUT2D eigenvalue weighted by Gasteiger charge is 2.27. The fourth-order valence-corrected chi connectivity index (χ4v) is 1.60. The van der Waals surface area contributed by atoms with Crippen LogP contribution in [0.25, 0.3) is 0 Å². The number of benzene rings is 1. The Morgan fingerprint density at radius 2 is 1.94 bits per heavy atom. The molecular formula is C14H18FN. The highest BCUT2D eigenvalue weighted by molar-refractivity contribution is 5.26. The van der Waals surface area contributed by atoms with Crippen LogP contribution >= 0.6 is 0 Å². The van der Waals surface area contributed by atoms with E-state index in [-0.39, 0.29) is 17.3 Å². The van der Waals surface area contributed by atoms with Gasteiger partial charge in [-0.15, -0.1) is 6.42 Å². The van der Waals surface area contributed by atoms with Crippen molar-refractivity contribution in [2.45, 2.75) is 32.2 Å². The van der Waals surface area contributed by atoms with Crippen molar-refractivity contribution in [3.63, 3.8) is 0 Å². The number of halogens is 1. The predicted molar refractivity (Wildman–Crippen MR) is 65.7 cm³/mol. The van der Waals surface area contributed by atoms with E-state index in [9.17, 15) is 4.39 Å². The van der Waals surface area contributed by atoms with Crippen LogP contribution in [0.15, 0.2) is 24.3 Å². The molecule has 0 aliphatic carbocycles. The van der Waals surface area contributed by atoms with E-state index in [2.05, 4.69) is 32.0 Å². The zero-order valence-electron chi connectivity index (χ0n) is 10.0. The van der Waals surface area contributed by atoms with E-state index >= 15 is 0 Å². The Kier molecular flexibility index (Phi) is 4.09. The molecule has 0 aromatic heterocycles. The van der Waals surface area contributed by atoms with Gasteiger partial charge in [-0.3, -0.25) is 0 Å². The summed E-state index contributed by atoms with van der Waals surface area (Å²) in [7, 11) is 0. The van der Waals surface area contributed by atoms with E-state index in [1.54, 1.807) is 0 Å². The highest BCUT2D eigenvalue weighted by Crippen LogP contribution is 2.27. The summed E-state index contributed by atoms with van der Waals surface area (Å²) in [5.74, 6) is 2.36. The third-order valence-electron chi connectivity index (χ3n) is 3.18. The van der Waals surface area contributed by atoms with Crippen LogP contribution in [0.2, 0.25) is 0 Å². The second-order valence-corrected chi connectivity index (χ2v) is 4.54. The summed E-state index contributed by atoms with van der Waals surface area (Å²) in [6, 6.07) is 6.86. The minimum Gasteiger partial charge on any atom is -0.303 e. The molecule has 1 rings (SSSR count). The van der Waals surface area contributed by atoms with Gasteiger partial charge in [-0.1, -0.05) is 31.9 Å². The van der Waals surface area contributed by atoms with Gasteiger partial charge in [0.15, 0.2) is 0 Å². The van der Waals surface area contributed by atoms with Crippen LogP contribution in [0.1, 0.15) is 26.3 Å². The smallest absolute Gasteiger partial charge is 0.123 e. The summed E-state index contributed by atoms with van der Waals surface area (Å²) in [6.45, 7) is 6.87. The zero-order valence-corrected chi connectivity index (χ0v) is 10.0. The van der Waals surface area contributed by atoms with Gasteiger partial charge in [-0.2, -0.15) is 0 Å². The van der Waals surface area contributed by atoms with Gasteiger partial charge in [0, 0.05) is 11.5 Å². The standard InChI is InChI=1S/C14H18FN/c1-5-10-16-11(2)14(3,4)12-6-8-13(15)9-7-12/h1,6-9,11,16H,10H2,2-4H3. The van der Waals surface area contributed by atoms with Gasteiger partial charge in [0.1, 0.15) is 5.82 Å². The Morgan fingerprint density at radius 3 is 2.44 bits per heavy atom. The van der Waals surface area contributed by atoms with Gasteiger partial charge < -0.3 is 5.32 Å².